The van der Waals surface area contributed by atoms with Crippen LogP contribution in [0.3, 0.4) is 0 Å². The molecule has 146 valence electrons. The van der Waals surface area contributed by atoms with Gasteiger partial charge in [-0.3, -0.25) is 14.9 Å². The first-order valence-corrected chi connectivity index (χ1v) is 8.40. The summed E-state index contributed by atoms with van der Waals surface area (Å²) in [5.41, 5.74) is -0.590. The molecule has 0 bridgehead atoms. The lowest BCUT2D eigenvalue weighted by Crippen LogP contribution is -2.50. The van der Waals surface area contributed by atoms with E-state index in [0.717, 1.165) is 0 Å². The van der Waals surface area contributed by atoms with Gasteiger partial charge in [0, 0.05) is 17.7 Å². The fourth-order valence-corrected chi connectivity index (χ4v) is 2.18. The normalized spacial score (nSPS) is 12.7. The van der Waals surface area contributed by atoms with Gasteiger partial charge in [-0.15, -0.1) is 0 Å². The number of benzene rings is 1. The summed E-state index contributed by atoms with van der Waals surface area (Å²) in [4.78, 5) is 34.2. The number of nitrogens with one attached hydrogen (secondary N) is 1. The van der Waals surface area contributed by atoms with Crippen LogP contribution in [-0.2, 0) is 9.53 Å². The zero-order valence-corrected chi connectivity index (χ0v) is 15.6. The molecule has 2 rings (SSSR count). The number of rotatable bonds is 7. The third-order valence-electron chi connectivity index (χ3n) is 4.29. The first-order chi connectivity index (χ1) is 13.2. The summed E-state index contributed by atoms with van der Waals surface area (Å²) in [5, 5.41) is 22.4. The Morgan fingerprint density at radius 3 is 2.46 bits per heavy atom. The van der Waals surface area contributed by atoms with E-state index >= 15 is 0 Å². The molecule has 0 saturated carbocycles. The number of ether oxygens (including phenoxy) is 1. The number of nitrogens with zero attached hydrogens (tertiary/aromatic N) is 2. The Balaban J connectivity index is 1.98. The Bertz CT molecular complexity index is 926. The van der Waals surface area contributed by atoms with Gasteiger partial charge in [-0.1, -0.05) is 13.8 Å². The van der Waals surface area contributed by atoms with Crippen molar-refractivity contribution in [1.82, 2.24) is 5.32 Å². The summed E-state index contributed by atoms with van der Waals surface area (Å²) in [7, 11) is 0. The van der Waals surface area contributed by atoms with Gasteiger partial charge in [-0.2, -0.15) is 5.26 Å². The van der Waals surface area contributed by atoms with Crippen LogP contribution < -0.4 is 5.32 Å². The maximum atomic E-state index is 12.1. The predicted molar refractivity (Wildman–Crippen MR) is 98.1 cm³/mol. The van der Waals surface area contributed by atoms with Crippen molar-refractivity contribution in [2.75, 3.05) is 6.61 Å². The molecule has 1 atom stereocenters. The molecule has 9 nitrogen and oxygen atoms in total. The van der Waals surface area contributed by atoms with Gasteiger partial charge in [0.05, 0.1) is 11.0 Å². The van der Waals surface area contributed by atoms with Gasteiger partial charge < -0.3 is 14.5 Å². The number of nitro benzene ring substituents is 1. The second-order valence-electron chi connectivity index (χ2n) is 6.56. The lowest BCUT2D eigenvalue weighted by atomic mass is 9.90. The Hall–Kier alpha value is -3.67. The molecule has 1 heterocycles. The van der Waals surface area contributed by atoms with Gasteiger partial charge in [0.1, 0.15) is 11.3 Å². The molecule has 1 aromatic heterocycles. The monoisotopic (exact) mass is 385 g/mol. The molecule has 1 amide bonds. The summed E-state index contributed by atoms with van der Waals surface area (Å²) < 4.78 is 10.3. The van der Waals surface area contributed by atoms with Crippen molar-refractivity contribution < 1.29 is 23.7 Å². The minimum Gasteiger partial charge on any atom is -0.450 e. The van der Waals surface area contributed by atoms with Gasteiger partial charge in [-0.25, -0.2) is 4.79 Å². The fourth-order valence-electron chi connectivity index (χ4n) is 2.18. The van der Waals surface area contributed by atoms with Gasteiger partial charge >= 0.3 is 5.97 Å². The van der Waals surface area contributed by atoms with E-state index in [1.807, 2.05) is 6.07 Å². The predicted octanol–water partition coefficient (Wildman–Crippen LogP) is 3.07. The summed E-state index contributed by atoms with van der Waals surface area (Å²) in [6, 6.07) is 10.6. The highest BCUT2D eigenvalue weighted by Crippen LogP contribution is 2.24. The van der Waals surface area contributed by atoms with Crippen LogP contribution in [0.4, 0.5) is 5.69 Å². The van der Waals surface area contributed by atoms with E-state index in [9.17, 15) is 25.0 Å². The fraction of sp³-hybridized carbons (Fsp3) is 0.316. The summed E-state index contributed by atoms with van der Waals surface area (Å²) >= 11 is 0. The topological polar surface area (TPSA) is 135 Å². The van der Waals surface area contributed by atoms with Crippen LogP contribution in [-0.4, -0.2) is 28.9 Å². The molecule has 9 heteroatoms. The van der Waals surface area contributed by atoms with Crippen molar-refractivity contribution in [2.45, 2.75) is 26.3 Å². The maximum absolute atomic E-state index is 12.1. The van der Waals surface area contributed by atoms with Crippen LogP contribution in [0.25, 0.3) is 11.3 Å². The molecule has 0 unspecified atom stereocenters. The lowest BCUT2D eigenvalue weighted by molar-refractivity contribution is -0.384. The van der Waals surface area contributed by atoms with E-state index in [0.29, 0.717) is 11.3 Å². The molecule has 0 spiro atoms. The highest BCUT2D eigenvalue weighted by atomic mass is 16.6. The largest absolute Gasteiger partial charge is 0.450 e. The van der Waals surface area contributed by atoms with Crippen LogP contribution in [0.1, 0.15) is 31.3 Å². The van der Waals surface area contributed by atoms with E-state index in [1.54, 1.807) is 20.8 Å². The Labute approximate surface area is 161 Å². The van der Waals surface area contributed by atoms with E-state index in [1.165, 1.54) is 36.4 Å². The highest BCUT2D eigenvalue weighted by molar-refractivity contribution is 5.89. The Kier molecular flexibility index (Phi) is 6.15. The number of carbonyl (C=O) groups excluding carboxylic acids is 2. The van der Waals surface area contributed by atoms with Crippen LogP contribution in [0.15, 0.2) is 40.8 Å². The average Bonchev–Trinajstić information content (AvgIpc) is 3.16. The number of non-ortho nitro benzene ring substituents is 1. The third-order valence-corrected chi connectivity index (χ3v) is 4.29. The second-order valence-corrected chi connectivity index (χ2v) is 6.56. The van der Waals surface area contributed by atoms with Gasteiger partial charge in [0.25, 0.3) is 11.6 Å². The van der Waals surface area contributed by atoms with E-state index in [-0.39, 0.29) is 17.4 Å². The van der Waals surface area contributed by atoms with Gasteiger partial charge in [0.2, 0.25) is 5.76 Å². The van der Waals surface area contributed by atoms with Crippen LogP contribution >= 0.6 is 0 Å². The molecule has 2 aromatic rings. The molecule has 0 aliphatic carbocycles. The average molecular weight is 385 g/mol. The summed E-state index contributed by atoms with van der Waals surface area (Å²) in [6.07, 6.45) is 0. The number of nitriles is 1. The Morgan fingerprint density at radius 1 is 1.29 bits per heavy atom. The van der Waals surface area contributed by atoms with Crippen molar-refractivity contribution in [3.05, 3.63) is 52.3 Å². The number of hydrogen-bond donors (Lipinski definition) is 1. The molecular formula is C19H19N3O6. The number of amides is 1. The maximum Gasteiger partial charge on any atom is 0.374 e. The molecule has 0 aliphatic rings. The number of carbonyl (C=O) groups is 2. The van der Waals surface area contributed by atoms with Gasteiger partial charge in [-0.05, 0) is 37.1 Å². The first-order valence-electron chi connectivity index (χ1n) is 8.40. The molecule has 0 aliphatic heterocycles. The standard InChI is InChI=1S/C19H19N3O6/c1-12(2)19(3,11-20)21-17(23)10-27-18(24)16-9-8-15(28-16)13-4-6-14(7-5-13)22(25)26/h4-9,12H,10H2,1-3H3,(H,21,23)/t19-/m0/s1. The molecule has 0 radical (unpaired) electrons. The zero-order valence-electron chi connectivity index (χ0n) is 15.6. The van der Waals surface area contributed by atoms with Crippen LogP contribution in [0.5, 0.6) is 0 Å². The minimum absolute atomic E-state index is 0.0632. The Morgan fingerprint density at radius 2 is 1.93 bits per heavy atom. The first kappa shape index (κ1) is 20.6. The van der Waals surface area contributed by atoms with E-state index in [2.05, 4.69) is 5.32 Å². The SMILES string of the molecule is CC(C)[C@](C)(C#N)NC(=O)COC(=O)c1ccc(-c2ccc([N+](=O)[O-])cc2)o1. The molecule has 1 N–H and O–H groups in total. The number of nitro groups is 1. The zero-order chi connectivity index (χ0) is 20.9. The van der Waals surface area contributed by atoms with Gasteiger partial charge in [0.15, 0.2) is 6.61 Å². The van der Waals surface area contributed by atoms with Crippen molar-refractivity contribution in [3.8, 4) is 17.4 Å². The number of furan rings is 1. The lowest BCUT2D eigenvalue weighted by Gasteiger charge is -2.27. The molecular weight excluding hydrogens is 366 g/mol. The molecule has 0 saturated heterocycles. The molecule has 1 aromatic carbocycles. The number of esters is 1. The smallest absolute Gasteiger partial charge is 0.374 e. The molecule has 28 heavy (non-hydrogen) atoms. The number of hydrogen-bond acceptors (Lipinski definition) is 7. The van der Waals surface area contributed by atoms with Crippen LogP contribution in [0.2, 0.25) is 0 Å². The van der Waals surface area contributed by atoms with Crippen LogP contribution in [0, 0.1) is 27.4 Å². The van der Waals surface area contributed by atoms with Crippen molar-refractivity contribution in [3.63, 3.8) is 0 Å². The van der Waals surface area contributed by atoms with Crippen molar-refractivity contribution >= 4 is 17.6 Å². The van der Waals surface area contributed by atoms with E-state index < -0.39 is 28.9 Å². The van der Waals surface area contributed by atoms with Crippen molar-refractivity contribution in [1.29, 1.82) is 5.26 Å². The highest BCUT2D eigenvalue weighted by Gasteiger charge is 2.30. The summed E-state index contributed by atoms with van der Waals surface area (Å²) in [6.45, 7) is 4.60. The third kappa shape index (κ3) is 4.73. The molecule has 0 fully saturated rings. The van der Waals surface area contributed by atoms with E-state index in [4.69, 9.17) is 9.15 Å². The minimum atomic E-state index is -1.07. The van der Waals surface area contributed by atoms with Crippen molar-refractivity contribution in [2.24, 2.45) is 5.92 Å². The second kappa shape index (κ2) is 8.35. The summed E-state index contributed by atoms with van der Waals surface area (Å²) in [5.74, 6) is -1.37. The quantitative estimate of drug-likeness (QED) is 0.439.